The van der Waals surface area contributed by atoms with E-state index in [1.807, 2.05) is 0 Å². The molecule has 4 N–H and O–H groups in total. The molecule has 0 aromatic rings. The summed E-state index contributed by atoms with van der Waals surface area (Å²) in [5, 5.41) is 19.6. The highest BCUT2D eigenvalue weighted by molar-refractivity contribution is 14.0. The van der Waals surface area contributed by atoms with Crippen LogP contribution in [0.1, 0.15) is 38.5 Å². The summed E-state index contributed by atoms with van der Waals surface area (Å²) in [6, 6.07) is 0.210. The lowest BCUT2D eigenvalue weighted by atomic mass is 10.0. The van der Waals surface area contributed by atoms with Gasteiger partial charge in [0.2, 0.25) is 5.91 Å². The molecule has 6 nitrogen and oxygen atoms in total. The first-order valence-corrected chi connectivity index (χ1v) is 7.08. The molecular formula is C13H25IN4O2. The van der Waals surface area contributed by atoms with Crippen LogP contribution in [-0.4, -0.2) is 48.8 Å². The summed E-state index contributed by atoms with van der Waals surface area (Å²) in [4.78, 5) is 15.3. The van der Waals surface area contributed by atoms with Crippen molar-refractivity contribution in [3.8, 4) is 0 Å². The molecular weight excluding hydrogens is 371 g/mol. The van der Waals surface area contributed by atoms with E-state index in [1.165, 1.54) is 0 Å². The summed E-state index contributed by atoms with van der Waals surface area (Å²) in [6.07, 6.45) is 5.28. The van der Waals surface area contributed by atoms with Gasteiger partial charge in [0.25, 0.3) is 0 Å². The van der Waals surface area contributed by atoms with Crippen LogP contribution >= 0.6 is 24.0 Å². The number of hydrogen-bond acceptors (Lipinski definition) is 3. The fourth-order valence-corrected chi connectivity index (χ4v) is 2.70. The molecule has 2 rings (SSSR count). The second kappa shape index (κ2) is 8.02. The van der Waals surface area contributed by atoms with Gasteiger partial charge in [0, 0.05) is 32.6 Å². The molecule has 1 saturated heterocycles. The maximum atomic E-state index is 11.1. The Morgan fingerprint density at radius 3 is 2.75 bits per heavy atom. The van der Waals surface area contributed by atoms with Crippen molar-refractivity contribution in [2.24, 2.45) is 4.99 Å². The van der Waals surface area contributed by atoms with Crippen LogP contribution in [0.5, 0.6) is 0 Å². The SMILES string of the molecule is CN=C(NCC1(O)CCCC1)NC1CCC(=O)NC1.I. The third-order valence-corrected chi connectivity index (χ3v) is 3.95. The van der Waals surface area contributed by atoms with Gasteiger partial charge in [0.1, 0.15) is 0 Å². The second-order valence-corrected chi connectivity index (χ2v) is 5.54. The Morgan fingerprint density at radius 2 is 2.20 bits per heavy atom. The molecule has 0 spiro atoms. The summed E-state index contributed by atoms with van der Waals surface area (Å²) >= 11 is 0. The Hall–Kier alpha value is -0.570. The van der Waals surface area contributed by atoms with E-state index in [0.717, 1.165) is 32.1 Å². The zero-order valence-corrected chi connectivity index (χ0v) is 14.3. The number of carbonyl (C=O) groups is 1. The van der Waals surface area contributed by atoms with Crippen molar-refractivity contribution in [1.82, 2.24) is 16.0 Å². The van der Waals surface area contributed by atoms with Gasteiger partial charge >= 0.3 is 0 Å². The minimum atomic E-state index is -0.585. The van der Waals surface area contributed by atoms with E-state index in [1.54, 1.807) is 7.05 Å². The number of aliphatic imine (C=N–C) groups is 1. The summed E-state index contributed by atoms with van der Waals surface area (Å²) < 4.78 is 0. The third kappa shape index (κ3) is 5.08. The molecule has 2 aliphatic rings. The topological polar surface area (TPSA) is 85.8 Å². The number of nitrogens with one attached hydrogen (secondary N) is 3. The summed E-state index contributed by atoms with van der Waals surface area (Å²) in [7, 11) is 1.72. The van der Waals surface area contributed by atoms with Gasteiger partial charge in [-0.15, -0.1) is 24.0 Å². The number of hydrogen-bond donors (Lipinski definition) is 4. The van der Waals surface area contributed by atoms with Gasteiger partial charge in [0.15, 0.2) is 5.96 Å². The van der Waals surface area contributed by atoms with E-state index < -0.39 is 5.60 Å². The highest BCUT2D eigenvalue weighted by Crippen LogP contribution is 2.28. The van der Waals surface area contributed by atoms with Crippen LogP contribution in [0.25, 0.3) is 0 Å². The lowest BCUT2D eigenvalue weighted by Gasteiger charge is -2.28. The van der Waals surface area contributed by atoms with Gasteiger partial charge in [-0.2, -0.15) is 0 Å². The Labute approximate surface area is 137 Å². The predicted molar refractivity (Wildman–Crippen MR) is 89.4 cm³/mol. The van der Waals surface area contributed by atoms with E-state index in [-0.39, 0.29) is 35.9 Å². The van der Waals surface area contributed by atoms with E-state index in [4.69, 9.17) is 0 Å². The maximum absolute atomic E-state index is 11.1. The van der Waals surface area contributed by atoms with Gasteiger partial charge < -0.3 is 21.1 Å². The first-order valence-electron chi connectivity index (χ1n) is 7.08. The van der Waals surface area contributed by atoms with Crippen LogP contribution in [0.3, 0.4) is 0 Å². The average molecular weight is 396 g/mol. The largest absolute Gasteiger partial charge is 0.388 e. The van der Waals surface area contributed by atoms with Crippen LogP contribution in [0.4, 0.5) is 0 Å². The number of amides is 1. The molecule has 1 aliphatic carbocycles. The van der Waals surface area contributed by atoms with E-state index >= 15 is 0 Å². The number of nitrogens with zero attached hydrogens (tertiary/aromatic N) is 1. The van der Waals surface area contributed by atoms with Gasteiger partial charge in [-0.05, 0) is 19.3 Å². The van der Waals surface area contributed by atoms with Crippen molar-refractivity contribution >= 4 is 35.8 Å². The van der Waals surface area contributed by atoms with Crippen molar-refractivity contribution in [3.63, 3.8) is 0 Å². The van der Waals surface area contributed by atoms with Crippen molar-refractivity contribution in [2.75, 3.05) is 20.1 Å². The first-order chi connectivity index (χ1) is 9.11. The van der Waals surface area contributed by atoms with Gasteiger partial charge in [-0.1, -0.05) is 12.8 Å². The third-order valence-electron chi connectivity index (χ3n) is 3.95. The molecule has 1 saturated carbocycles. The Bertz CT molecular complexity index is 346. The standard InChI is InChI=1S/C13H24N4O2.HI/c1-14-12(16-9-13(19)6-2-3-7-13)17-10-4-5-11(18)15-8-10;/h10,19H,2-9H2,1H3,(H,15,18)(H2,14,16,17);1H. The molecule has 116 valence electrons. The molecule has 0 aromatic carbocycles. The molecule has 0 radical (unpaired) electrons. The molecule has 2 fully saturated rings. The summed E-state index contributed by atoms with van der Waals surface area (Å²) in [5.41, 5.74) is -0.585. The molecule has 7 heteroatoms. The highest BCUT2D eigenvalue weighted by atomic mass is 127. The minimum absolute atomic E-state index is 0. The van der Waals surface area contributed by atoms with Crippen molar-refractivity contribution in [1.29, 1.82) is 0 Å². The fourth-order valence-electron chi connectivity index (χ4n) is 2.70. The second-order valence-electron chi connectivity index (χ2n) is 5.54. The van der Waals surface area contributed by atoms with Crippen LogP contribution in [0.2, 0.25) is 0 Å². The summed E-state index contributed by atoms with van der Waals surface area (Å²) in [5.74, 6) is 0.808. The lowest BCUT2D eigenvalue weighted by molar-refractivity contribution is -0.122. The van der Waals surface area contributed by atoms with Gasteiger partial charge in [-0.3, -0.25) is 9.79 Å². The van der Waals surface area contributed by atoms with E-state index in [9.17, 15) is 9.90 Å². The zero-order chi connectivity index (χ0) is 13.7. The number of aliphatic hydroxyl groups is 1. The number of halogens is 1. The number of rotatable bonds is 3. The number of carbonyl (C=O) groups excluding carboxylic acids is 1. The molecule has 0 bridgehead atoms. The summed E-state index contributed by atoms with van der Waals surface area (Å²) in [6.45, 7) is 1.16. The normalized spacial score (nSPS) is 25.6. The highest BCUT2D eigenvalue weighted by Gasteiger charge is 2.31. The Balaban J connectivity index is 0.00000200. The Kier molecular flexibility index (Phi) is 7.01. The van der Waals surface area contributed by atoms with E-state index in [0.29, 0.717) is 25.5 Å². The van der Waals surface area contributed by atoms with Gasteiger partial charge in [0.05, 0.1) is 5.60 Å². The number of guanidine groups is 1. The van der Waals surface area contributed by atoms with Gasteiger partial charge in [-0.25, -0.2) is 0 Å². The molecule has 0 aromatic heterocycles. The molecule has 1 atom stereocenters. The lowest BCUT2D eigenvalue weighted by Crippen LogP contribution is -2.53. The number of piperidine rings is 1. The van der Waals surface area contributed by atoms with Crippen LogP contribution in [-0.2, 0) is 4.79 Å². The maximum Gasteiger partial charge on any atom is 0.220 e. The smallest absolute Gasteiger partial charge is 0.220 e. The minimum Gasteiger partial charge on any atom is -0.388 e. The van der Waals surface area contributed by atoms with E-state index in [2.05, 4.69) is 20.9 Å². The van der Waals surface area contributed by atoms with Crippen molar-refractivity contribution < 1.29 is 9.90 Å². The van der Waals surface area contributed by atoms with Crippen LogP contribution in [0.15, 0.2) is 4.99 Å². The molecule has 20 heavy (non-hydrogen) atoms. The zero-order valence-electron chi connectivity index (χ0n) is 11.9. The fraction of sp³-hybridized carbons (Fsp3) is 0.846. The van der Waals surface area contributed by atoms with Crippen molar-refractivity contribution in [3.05, 3.63) is 0 Å². The predicted octanol–water partition coefficient (Wildman–Crippen LogP) is 0.353. The Morgan fingerprint density at radius 1 is 1.50 bits per heavy atom. The van der Waals surface area contributed by atoms with Crippen LogP contribution < -0.4 is 16.0 Å². The van der Waals surface area contributed by atoms with Crippen molar-refractivity contribution in [2.45, 2.75) is 50.2 Å². The monoisotopic (exact) mass is 396 g/mol. The first kappa shape index (κ1) is 17.5. The molecule has 1 aliphatic heterocycles. The molecule has 1 heterocycles. The quantitative estimate of drug-likeness (QED) is 0.315. The molecule has 1 amide bonds. The molecule has 1 unspecified atom stereocenters. The average Bonchev–Trinajstić information content (AvgIpc) is 2.84. The van der Waals surface area contributed by atoms with Crippen LogP contribution in [0, 0.1) is 0 Å².